The van der Waals surface area contributed by atoms with Crippen molar-refractivity contribution in [2.45, 2.75) is 11.7 Å². The first kappa shape index (κ1) is 17.2. The van der Waals surface area contributed by atoms with Gasteiger partial charge in [0.25, 0.3) is 0 Å². The van der Waals surface area contributed by atoms with Crippen molar-refractivity contribution in [2.75, 3.05) is 13.4 Å². The van der Waals surface area contributed by atoms with Gasteiger partial charge in [-0.2, -0.15) is 0 Å². The molecule has 0 atom stereocenters. The van der Waals surface area contributed by atoms with Crippen molar-refractivity contribution >= 4 is 20.9 Å². The molecular formula is C18H16N4O4S. The SMILES string of the molecule is COc1ccc(-c2nnc(Cn3c(S(C)(=O)=O)nc4ccccc43)o2)cc1. The summed E-state index contributed by atoms with van der Waals surface area (Å²) in [5.74, 6) is 1.35. The second-order valence-electron chi connectivity index (χ2n) is 5.97. The molecule has 4 rings (SSSR count). The molecule has 2 aromatic carbocycles. The number of para-hydroxylation sites is 2. The van der Waals surface area contributed by atoms with Gasteiger partial charge in [-0.1, -0.05) is 12.1 Å². The highest BCUT2D eigenvalue weighted by molar-refractivity contribution is 7.90. The summed E-state index contributed by atoms with van der Waals surface area (Å²) in [5, 5.41) is 8.07. The molecule has 0 bridgehead atoms. The Morgan fingerprint density at radius 3 is 2.52 bits per heavy atom. The molecule has 0 unspecified atom stereocenters. The van der Waals surface area contributed by atoms with Crippen molar-refractivity contribution in [3.05, 3.63) is 54.4 Å². The van der Waals surface area contributed by atoms with Crippen molar-refractivity contribution in [1.29, 1.82) is 0 Å². The van der Waals surface area contributed by atoms with Gasteiger partial charge in [0.15, 0.2) is 0 Å². The number of methoxy groups -OCH3 is 1. The predicted octanol–water partition coefficient (Wildman–Crippen LogP) is 2.55. The maximum Gasteiger partial charge on any atom is 0.247 e. The molecule has 8 nitrogen and oxygen atoms in total. The monoisotopic (exact) mass is 384 g/mol. The molecular weight excluding hydrogens is 368 g/mol. The molecule has 0 aliphatic heterocycles. The number of sulfone groups is 1. The second-order valence-corrected chi connectivity index (χ2v) is 7.88. The lowest BCUT2D eigenvalue weighted by Crippen LogP contribution is -2.10. The molecule has 0 radical (unpaired) electrons. The Morgan fingerprint density at radius 1 is 1.07 bits per heavy atom. The Labute approximate surface area is 155 Å². The summed E-state index contributed by atoms with van der Waals surface area (Å²) in [5.41, 5.74) is 2.02. The fraction of sp³-hybridized carbons (Fsp3) is 0.167. The minimum Gasteiger partial charge on any atom is -0.497 e. The summed E-state index contributed by atoms with van der Waals surface area (Å²) in [6, 6.07) is 14.4. The van der Waals surface area contributed by atoms with Gasteiger partial charge in [0.2, 0.25) is 26.8 Å². The van der Waals surface area contributed by atoms with Crippen LogP contribution in [0.25, 0.3) is 22.5 Å². The lowest BCUT2D eigenvalue weighted by atomic mass is 10.2. The highest BCUT2D eigenvalue weighted by Gasteiger charge is 2.21. The van der Waals surface area contributed by atoms with Gasteiger partial charge in [-0.25, -0.2) is 13.4 Å². The standard InChI is InChI=1S/C18H16N4O4S/c1-25-13-9-7-12(8-10-13)17-21-20-16(26-17)11-22-15-6-4-3-5-14(15)19-18(22)27(2,23)24/h3-10H,11H2,1-2H3. The van der Waals surface area contributed by atoms with E-state index in [0.717, 1.165) is 17.6 Å². The van der Waals surface area contributed by atoms with Gasteiger partial charge in [0.05, 0.1) is 18.1 Å². The van der Waals surface area contributed by atoms with Gasteiger partial charge < -0.3 is 13.7 Å². The van der Waals surface area contributed by atoms with E-state index in [4.69, 9.17) is 9.15 Å². The Kier molecular flexibility index (Phi) is 4.15. The number of ether oxygens (including phenoxy) is 1. The Balaban J connectivity index is 1.72. The van der Waals surface area contributed by atoms with Gasteiger partial charge in [-0.05, 0) is 36.4 Å². The maximum atomic E-state index is 12.1. The van der Waals surface area contributed by atoms with E-state index >= 15 is 0 Å². The van der Waals surface area contributed by atoms with Crippen LogP contribution in [0.2, 0.25) is 0 Å². The minimum atomic E-state index is -3.52. The molecule has 0 amide bonds. The summed E-state index contributed by atoms with van der Waals surface area (Å²) in [7, 11) is -1.93. The van der Waals surface area contributed by atoms with E-state index in [1.807, 2.05) is 18.2 Å². The van der Waals surface area contributed by atoms with Crippen molar-refractivity contribution in [3.8, 4) is 17.2 Å². The number of hydrogen-bond donors (Lipinski definition) is 0. The number of nitrogens with zero attached hydrogens (tertiary/aromatic N) is 4. The van der Waals surface area contributed by atoms with Gasteiger partial charge in [-0.3, -0.25) is 0 Å². The first-order valence-corrected chi connectivity index (χ1v) is 9.97. The molecule has 9 heteroatoms. The molecule has 0 aliphatic rings. The lowest BCUT2D eigenvalue weighted by Gasteiger charge is -2.04. The summed E-state index contributed by atoms with van der Waals surface area (Å²) in [4.78, 5) is 4.24. The summed E-state index contributed by atoms with van der Waals surface area (Å²) >= 11 is 0. The number of rotatable bonds is 5. The highest BCUT2D eigenvalue weighted by atomic mass is 32.2. The summed E-state index contributed by atoms with van der Waals surface area (Å²) in [6.07, 6.45) is 1.13. The van der Waals surface area contributed by atoms with Gasteiger partial charge in [0, 0.05) is 11.8 Å². The predicted molar refractivity (Wildman–Crippen MR) is 98.2 cm³/mol. The van der Waals surface area contributed by atoms with E-state index in [0.29, 0.717) is 16.9 Å². The van der Waals surface area contributed by atoms with Crippen LogP contribution in [0.1, 0.15) is 5.89 Å². The molecule has 0 saturated heterocycles. The number of imidazole rings is 1. The van der Waals surface area contributed by atoms with Crippen LogP contribution in [0, 0.1) is 0 Å². The lowest BCUT2D eigenvalue weighted by molar-refractivity contribution is 0.415. The van der Waals surface area contributed by atoms with Crippen LogP contribution < -0.4 is 4.74 Å². The van der Waals surface area contributed by atoms with E-state index in [1.165, 1.54) is 0 Å². The van der Waals surface area contributed by atoms with Gasteiger partial charge in [-0.15, -0.1) is 10.2 Å². The van der Waals surface area contributed by atoms with Gasteiger partial charge >= 0.3 is 0 Å². The van der Waals surface area contributed by atoms with E-state index < -0.39 is 9.84 Å². The smallest absolute Gasteiger partial charge is 0.247 e. The molecule has 0 N–H and O–H groups in total. The number of hydrogen-bond acceptors (Lipinski definition) is 7. The zero-order chi connectivity index (χ0) is 19.0. The third-order valence-corrected chi connectivity index (χ3v) is 5.02. The molecule has 2 heterocycles. The molecule has 2 aromatic heterocycles. The average molecular weight is 384 g/mol. The van der Waals surface area contributed by atoms with E-state index in [9.17, 15) is 8.42 Å². The van der Waals surface area contributed by atoms with Gasteiger partial charge in [0.1, 0.15) is 12.3 Å². The maximum absolute atomic E-state index is 12.1. The van der Waals surface area contributed by atoms with E-state index in [-0.39, 0.29) is 17.6 Å². The average Bonchev–Trinajstić information content (AvgIpc) is 3.27. The molecule has 0 saturated carbocycles. The van der Waals surface area contributed by atoms with Crippen LogP contribution in [-0.4, -0.2) is 41.5 Å². The fourth-order valence-corrected chi connectivity index (χ4v) is 3.62. The van der Waals surface area contributed by atoms with Crippen molar-refractivity contribution in [2.24, 2.45) is 0 Å². The minimum absolute atomic E-state index is 0.0344. The first-order chi connectivity index (χ1) is 13.0. The fourth-order valence-electron chi connectivity index (χ4n) is 2.79. The molecule has 0 fully saturated rings. The quantitative estimate of drug-likeness (QED) is 0.521. The molecule has 0 spiro atoms. The largest absolute Gasteiger partial charge is 0.497 e. The Hall–Kier alpha value is -3.20. The third-order valence-electron chi connectivity index (χ3n) is 4.05. The van der Waals surface area contributed by atoms with E-state index in [1.54, 1.807) is 42.0 Å². The van der Waals surface area contributed by atoms with E-state index in [2.05, 4.69) is 15.2 Å². The molecule has 138 valence electrons. The van der Waals surface area contributed by atoms with Crippen LogP contribution in [0.4, 0.5) is 0 Å². The van der Waals surface area contributed by atoms with Crippen LogP contribution >= 0.6 is 0 Å². The zero-order valence-corrected chi connectivity index (χ0v) is 15.5. The Morgan fingerprint density at radius 2 is 1.81 bits per heavy atom. The summed E-state index contributed by atoms with van der Waals surface area (Å²) in [6.45, 7) is 0.103. The first-order valence-electron chi connectivity index (χ1n) is 8.08. The van der Waals surface area contributed by atoms with Crippen molar-refractivity contribution in [3.63, 3.8) is 0 Å². The Bertz CT molecular complexity index is 1210. The van der Waals surface area contributed by atoms with Crippen LogP contribution in [0.15, 0.2) is 58.1 Å². The number of fused-ring (bicyclic) bond motifs is 1. The van der Waals surface area contributed by atoms with Crippen LogP contribution in [0.5, 0.6) is 5.75 Å². The molecule has 4 aromatic rings. The summed E-state index contributed by atoms with van der Waals surface area (Å²) < 4.78 is 36.7. The normalized spacial score (nSPS) is 11.8. The second kappa shape index (κ2) is 6.51. The zero-order valence-electron chi connectivity index (χ0n) is 14.7. The van der Waals surface area contributed by atoms with Crippen molar-refractivity contribution < 1.29 is 17.6 Å². The van der Waals surface area contributed by atoms with Crippen molar-refractivity contribution in [1.82, 2.24) is 19.7 Å². The third kappa shape index (κ3) is 3.28. The topological polar surface area (TPSA) is 100 Å². The number of aromatic nitrogens is 4. The number of benzene rings is 2. The highest BCUT2D eigenvalue weighted by Crippen LogP contribution is 2.24. The molecule has 27 heavy (non-hydrogen) atoms. The van der Waals surface area contributed by atoms with Crippen LogP contribution in [0.3, 0.4) is 0 Å². The molecule has 0 aliphatic carbocycles. The van der Waals surface area contributed by atoms with Crippen LogP contribution in [-0.2, 0) is 16.4 Å².